The number of H-pyrrole nitrogens is 1. The molecule has 0 fully saturated rings. The molecule has 4 aromatic rings. The summed E-state index contributed by atoms with van der Waals surface area (Å²) in [5.41, 5.74) is 4.51. The fourth-order valence-electron chi connectivity index (χ4n) is 2.97. The zero-order valence-corrected chi connectivity index (χ0v) is 14.2. The van der Waals surface area contributed by atoms with Crippen LogP contribution in [-0.4, -0.2) is 26.1 Å². The molecule has 5 nitrogen and oxygen atoms in total. The van der Waals surface area contributed by atoms with E-state index in [0.717, 1.165) is 23.5 Å². The zero-order valence-electron chi connectivity index (χ0n) is 14.2. The van der Waals surface area contributed by atoms with Crippen molar-refractivity contribution < 1.29 is 0 Å². The number of aromatic amines is 1. The minimum absolute atomic E-state index is 0.00925. The molecule has 0 saturated heterocycles. The van der Waals surface area contributed by atoms with Gasteiger partial charge in [-0.15, -0.1) is 0 Å². The Morgan fingerprint density at radius 2 is 1.88 bits per heavy atom. The standard InChI is InChI=1S/C19H21N5/c1-13-9-10-16-15(11-13)21-18-22-17(23-24(16)18)20-12-19(2,3)14-7-5-4-6-8-14/h4-11H,12H2,1-3H3,(H2,20,21,22,23). The number of nitrogens with one attached hydrogen (secondary N) is 2. The second kappa shape index (κ2) is 5.37. The van der Waals surface area contributed by atoms with Gasteiger partial charge in [-0.05, 0) is 30.2 Å². The fraction of sp³-hybridized carbons (Fsp3) is 0.263. The maximum Gasteiger partial charge on any atom is 0.253 e. The topological polar surface area (TPSA) is 58.0 Å². The van der Waals surface area contributed by atoms with Crippen molar-refractivity contribution in [3.8, 4) is 0 Å². The van der Waals surface area contributed by atoms with Gasteiger partial charge in [0.15, 0.2) is 0 Å². The Bertz CT molecular complexity index is 995. The van der Waals surface area contributed by atoms with Crippen molar-refractivity contribution in [2.45, 2.75) is 26.2 Å². The van der Waals surface area contributed by atoms with Crippen molar-refractivity contribution in [1.29, 1.82) is 0 Å². The Labute approximate surface area is 140 Å². The summed E-state index contributed by atoms with van der Waals surface area (Å²) in [7, 11) is 0. The largest absolute Gasteiger partial charge is 0.354 e. The lowest BCUT2D eigenvalue weighted by Crippen LogP contribution is -2.27. The Balaban J connectivity index is 1.59. The summed E-state index contributed by atoms with van der Waals surface area (Å²) in [6.45, 7) is 7.30. The highest BCUT2D eigenvalue weighted by Gasteiger charge is 2.20. The van der Waals surface area contributed by atoms with E-state index in [9.17, 15) is 0 Å². The smallest absolute Gasteiger partial charge is 0.253 e. The minimum atomic E-state index is 0.00925. The average molecular weight is 319 g/mol. The van der Waals surface area contributed by atoms with E-state index in [1.165, 1.54) is 11.1 Å². The summed E-state index contributed by atoms with van der Waals surface area (Å²) in [6, 6.07) is 16.7. The fourth-order valence-corrected chi connectivity index (χ4v) is 2.97. The van der Waals surface area contributed by atoms with E-state index in [2.05, 4.69) is 83.6 Å². The summed E-state index contributed by atoms with van der Waals surface area (Å²) in [5, 5.41) is 6.70. The molecular formula is C19H21N5. The van der Waals surface area contributed by atoms with E-state index < -0.39 is 0 Å². The monoisotopic (exact) mass is 319 g/mol. The molecule has 2 N–H and O–H groups in total. The number of rotatable bonds is 4. The molecule has 0 atom stereocenters. The molecule has 122 valence electrons. The highest BCUT2D eigenvalue weighted by atomic mass is 15.4. The molecule has 24 heavy (non-hydrogen) atoms. The Hall–Kier alpha value is -2.82. The van der Waals surface area contributed by atoms with Crippen LogP contribution in [0.15, 0.2) is 48.5 Å². The molecule has 0 saturated carbocycles. The quantitative estimate of drug-likeness (QED) is 0.599. The van der Waals surface area contributed by atoms with E-state index in [0.29, 0.717) is 5.78 Å². The summed E-state index contributed by atoms with van der Waals surface area (Å²) < 4.78 is 1.92. The van der Waals surface area contributed by atoms with E-state index in [-0.39, 0.29) is 5.41 Å². The van der Waals surface area contributed by atoms with Crippen molar-refractivity contribution in [3.05, 3.63) is 59.7 Å². The van der Waals surface area contributed by atoms with E-state index in [1.54, 1.807) is 0 Å². The highest BCUT2D eigenvalue weighted by Crippen LogP contribution is 2.23. The molecule has 0 aliphatic rings. The lowest BCUT2D eigenvalue weighted by Gasteiger charge is -2.25. The van der Waals surface area contributed by atoms with Crippen LogP contribution in [0.2, 0.25) is 0 Å². The zero-order chi connectivity index (χ0) is 16.7. The molecule has 4 rings (SSSR count). The molecule has 2 aromatic heterocycles. The van der Waals surface area contributed by atoms with Crippen molar-refractivity contribution in [1.82, 2.24) is 19.6 Å². The van der Waals surface area contributed by atoms with E-state index >= 15 is 0 Å². The van der Waals surface area contributed by atoms with Gasteiger partial charge < -0.3 is 5.32 Å². The second-order valence-corrected chi connectivity index (χ2v) is 6.92. The number of benzene rings is 2. The predicted octanol–water partition coefficient (Wildman–Crippen LogP) is 3.91. The normalized spacial score (nSPS) is 12.1. The van der Waals surface area contributed by atoms with Gasteiger partial charge in [-0.2, -0.15) is 4.98 Å². The van der Waals surface area contributed by atoms with E-state index in [1.807, 2.05) is 10.6 Å². The van der Waals surface area contributed by atoms with Crippen LogP contribution in [0.4, 0.5) is 5.95 Å². The molecule has 0 amide bonds. The summed E-state index contributed by atoms with van der Waals surface area (Å²) >= 11 is 0. The third-order valence-corrected chi connectivity index (χ3v) is 4.47. The number of imidazole rings is 1. The third kappa shape index (κ3) is 2.52. The highest BCUT2D eigenvalue weighted by molar-refractivity contribution is 5.80. The number of anilines is 1. The summed E-state index contributed by atoms with van der Waals surface area (Å²) in [4.78, 5) is 9.14. The van der Waals surface area contributed by atoms with Crippen molar-refractivity contribution >= 4 is 22.8 Å². The van der Waals surface area contributed by atoms with Crippen LogP contribution in [0.1, 0.15) is 25.0 Å². The molecule has 0 spiro atoms. The third-order valence-electron chi connectivity index (χ3n) is 4.47. The van der Waals surface area contributed by atoms with Crippen LogP contribution >= 0.6 is 0 Å². The van der Waals surface area contributed by atoms with Gasteiger partial charge in [0.1, 0.15) is 0 Å². The first-order chi connectivity index (χ1) is 11.5. The maximum absolute atomic E-state index is 4.58. The summed E-state index contributed by atoms with van der Waals surface area (Å²) in [6.07, 6.45) is 0. The van der Waals surface area contributed by atoms with Crippen LogP contribution in [0.5, 0.6) is 0 Å². The summed E-state index contributed by atoms with van der Waals surface area (Å²) in [5.74, 6) is 1.43. The van der Waals surface area contributed by atoms with Gasteiger partial charge in [-0.3, -0.25) is 5.10 Å². The number of aryl methyl sites for hydroxylation is 1. The van der Waals surface area contributed by atoms with Gasteiger partial charge in [0.05, 0.1) is 11.0 Å². The number of hydrogen-bond donors (Lipinski definition) is 2. The van der Waals surface area contributed by atoms with Crippen LogP contribution in [-0.2, 0) is 5.41 Å². The van der Waals surface area contributed by atoms with Crippen molar-refractivity contribution in [2.24, 2.45) is 0 Å². The second-order valence-electron chi connectivity index (χ2n) is 6.92. The van der Waals surface area contributed by atoms with Gasteiger partial charge in [0, 0.05) is 12.0 Å². The van der Waals surface area contributed by atoms with Gasteiger partial charge in [-0.25, -0.2) is 9.50 Å². The predicted molar refractivity (Wildman–Crippen MR) is 97.5 cm³/mol. The molecule has 5 heteroatoms. The van der Waals surface area contributed by atoms with Gasteiger partial charge in [-0.1, -0.05) is 50.2 Å². The van der Waals surface area contributed by atoms with Crippen LogP contribution < -0.4 is 5.32 Å². The Morgan fingerprint density at radius 3 is 2.67 bits per heavy atom. The molecule has 0 unspecified atom stereocenters. The first kappa shape index (κ1) is 14.8. The molecule has 0 bridgehead atoms. The Morgan fingerprint density at radius 1 is 1.08 bits per heavy atom. The van der Waals surface area contributed by atoms with E-state index in [4.69, 9.17) is 0 Å². The van der Waals surface area contributed by atoms with Gasteiger partial charge in [0.2, 0.25) is 5.95 Å². The van der Waals surface area contributed by atoms with Crippen LogP contribution in [0, 0.1) is 6.92 Å². The lowest BCUT2D eigenvalue weighted by atomic mass is 9.85. The average Bonchev–Trinajstić information content (AvgIpc) is 3.10. The SMILES string of the molecule is Cc1ccc2c(c1)nc1nc(NCC(C)(C)c3ccccc3)[nH]n12. The van der Waals surface area contributed by atoms with Gasteiger partial charge in [0.25, 0.3) is 5.78 Å². The maximum atomic E-state index is 4.58. The molecular weight excluding hydrogens is 298 g/mol. The molecule has 0 aliphatic carbocycles. The number of aromatic nitrogens is 4. The molecule has 0 radical (unpaired) electrons. The molecule has 2 aromatic carbocycles. The first-order valence-corrected chi connectivity index (χ1v) is 8.17. The first-order valence-electron chi connectivity index (χ1n) is 8.17. The lowest BCUT2D eigenvalue weighted by molar-refractivity contribution is 0.555. The van der Waals surface area contributed by atoms with Crippen LogP contribution in [0.25, 0.3) is 16.8 Å². The minimum Gasteiger partial charge on any atom is -0.354 e. The number of nitrogens with zero attached hydrogens (tertiary/aromatic N) is 3. The van der Waals surface area contributed by atoms with Crippen molar-refractivity contribution in [3.63, 3.8) is 0 Å². The Kier molecular flexibility index (Phi) is 3.30. The van der Waals surface area contributed by atoms with Crippen molar-refractivity contribution in [2.75, 3.05) is 11.9 Å². The number of fused-ring (bicyclic) bond motifs is 3. The molecule has 2 heterocycles. The molecule has 0 aliphatic heterocycles. The van der Waals surface area contributed by atoms with Crippen LogP contribution in [0.3, 0.4) is 0 Å². The number of hydrogen-bond acceptors (Lipinski definition) is 3. The van der Waals surface area contributed by atoms with Gasteiger partial charge >= 0.3 is 0 Å².